The number of carbonyl (C=O) groups is 2. The standard InChI is InChI=1S/C24H32O5/c1-6-20(25)27-13-24-14-28-23(22(17(24)5)15(3)12-16(24)4)18-10-8-9-11-19(18)29-21(26)7-2/h8-12,16-17,22-23H,6-7,13-14H2,1-5H3/t16-,17+,22-,23-,24+/m0/s1. The first-order valence-electron chi connectivity index (χ1n) is 10.6. The number of esters is 2. The van der Waals surface area contributed by atoms with Crippen molar-refractivity contribution >= 4 is 11.9 Å². The number of hydrogen-bond acceptors (Lipinski definition) is 5. The second-order valence-electron chi connectivity index (χ2n) is 8.36. The van der Waals surface area contributed by atoms with Crippen molar-refractivity contribution < 1.29 is 23.8 Å². The van der Waals surface area contributed by atoms with Gasteiger partial charge in [-0.25, -0.2) is 0 Å². The average Bonchev–Trinajstić information content (AvgIpc) is 2.71. The van der Waals surface area contributed by atoms with E-state index < -0.39 is 0 Å². The molecule has 0 aromatic heterocycles. The molecule has 0 N–H and O–H groups in total. The Balaban J connectivity index is 1.94. The Kier molecular flexibility index (Phi) is 6.47. The van der Waals surface area contributed by atoms with Crippen LogP contribution in [0.5, 0.6) is 5.75 Å². The van der Waals surface area contributed by atoms with Crippen LogP contribution in [0, 0.1) is 23.2 Å². The molecule has 5 nitrogen and oxygen atoms in total. The molecule has 0 spiro atoms. The molecule has 0 radical (unpaired) electrons. The summed E-state index contributed by atoms with van der Waals surface area (Å²) in [7, 11) is 0. The maximum absolute atomic E-state index is 11.9. The van der Waals surface area contributed by atoms with E-state index in [0.717, 1.165) is 5.56 Å². The van der Waals surface area contributed by atoms with E-state index in [2.05, 4.69) is 26.8 Å². The first-order chi connectivity index (χ1) is 13.8. The molecule has 2 bridgehead atoms. The van der Waals surface area contributed by atoms with Crippen LogP contribution in [-0.2, 0) is 19.1 Å². The molecular weight excluding hydrogens is 368 g/mol. The molecule has 2 aliphatic rings. The minimum Gasteiger partial charge on any atom is -0.465 e. The quantitative estimate of drug-likeness (QED) is 0.388. The topological polar surface area (TPSA) is 61.8 Å². The van der Waals surface area contributed by atoms with E-state index in [1.807, 2.05) is 31.2 Å². The van der Waals surface area contributed by atoms with E-state index in [9.17, 15) is 9.59 Å². The van der Waals surface area contributed by atoms with Crippen molar-refractivity contribution in [3.63, 3.8) is 0 Å². The SMILES string of the molecule is CCC(=O)OC[C@@]12CO[C@@H](c3ccccc3OC(=O)CC)[C@@H](C(C)=C[C@@H]1C)[C@H]2C. The Labute approximate surface area is 173 Å². The zero-order valence-corrected chi connectivity index (χ0v) is 18.1. The minimum absolute atomic E-state index is 0.127. The van der Waals surface area contributed by atoms with Crippen molar-refractivity contribution in [1.29, 1.82) is 0 Å². The Morgan fingerprint density at radius 2 is 1.83 bits per heavy atom. The van der Waals surface area contributed by atoms with E-state index >= 15 is 0 Å². The van der Waals surface area contributed by atoms with Gasteiger partial charge < -0.3 is 14.2 Å². The van der Waals surface area contributed by atoms with Crippen LogP contribution in [0.1, 0.15) is 59.1 Å². The van der Waals surface area contributed by atoms with Crippen LogP contribution in [0.2, 0.25) is 0 Å². The molecule has 29 heavy (non-hydrogen) atoms. The van der Waals surface area contributed by atoms with Gasteiger partial charge in [0.15, 0.2) is 0 Å². The van der Waals surface area contributed by atoms with Crippen molar-refractivity contribution in [2.45, 2.75) is 53.6 Å². The predicted octanol–water partition coefficient (Wildman–Crippen LogP) is 4.86. The zero-order chi connectivity index (χ0) is 21.2. The molecule has 0 amide bonds. The fourth-order valence-corrected chi connectivity index (χ4v) is 4.86. The van der Waals surface area contributed by atoms with Gasteiger partial charge in [0.05, 0.1) is 19.3 Å². The lowest BCUT2D eigenvalue weighted by Gasteiger charge is -2.55. The first kappa shape index (κ1) is 21.6. The fourth-order valence-electron chi connectivity index (χ4n) is 4.86. The van der Waals surface area contributed by atoms with Gasteiger partial charge in [0.25, 0.3) is 0 Å². The molecule has 1 aromatic carbocycles. The lowest BCUT2D eigenvalue weighted by molar-refractivity contribution is -0.182. The van der Waals surface area contributed by atoms with Gasteiger partial charge in [-0.3, -0.25) is 9.59 Å². The summed E-state index contributed by atoms with van der Waals surface area (Å²) in [4.78, 5) is 23.7. The minimum atomic E-state index is -0.258. The van der Waals surface area contributed by atoms with Gasteiger partial charge in [0.2, 0.25) is 0 Å². The summed E-state index contributed by atoms with van der Waals surface area (Å²) >= 11 is 0. The van der Waals surface area contributed by atoms with E-state index in [0.29, 0.717) is 31.8 Å². The predicted molar refractivity (Wildman–Crippen MR) is 110 cm³/mol. The Morgan fingerprint density at radius 1 is 1.14 bits per heavy atom. The average molecular weight is 401 g/mol. The number of hydrogen-bond donors (Lipinski definition) is 0. The van der Waals surface area contributed by atoms with Crippen LogP contribution in [-0.4, -0.2) is 25.2 Å². The van der Waals surface area contributed by atoms with Gasteiger partial charge in [-0.15, -0.1) is 0 Å². The molecule has 1 aromatic rings. The smallest absolute Gasteiger partial charge is 0.310 e. The lowest BCUT2D eigenvalue weighted by atomic mass is 9.56. The first-order valence-corrected chi connectivity index (χ1v) is 10.6. The highest BCUT2D eigenvalue weighted by atomic mass is 16.5. The van der Waals surface area contributed by atoms with Gasteiger partial charge in [0, 0.05) is 29.7 Å². The normalized spacial score (nSPS) is 31.0. The largest absolute Gasteiger partial charge is 0.465 e. The number of allylic oxidation sites excluding steroid dienone is 1. The van der Waals surface area contributed by atoms with Crippen LogP contribution in [0.15, 0.2) is 35.9 Å². The second kappa shape index (κ2) is 8.70. The second-order valence-corrected chi connectivity index (χ2v) is 8.36. The van der Waals surface area contributed by atoms with Crippen molar-refractivity contribution in [2.75, 3.05) is 13.2 Å². The van der Waals surface area contributed by atoms with Crippen LogP contribution in [0.25, 0.3) is 0 Å². The molecule has 1 fully saturated rings. The highest BCUT2D eigenvalue weighted by Gasteiger charge is 2.54. The number of benzene rings is 1. The Hall–Kier alpha value is -2.14. The summed E-state index contributed by atoms with van der Waals surface area (Å²) in [6, 6.07) is 7.62. The molecule has 0 unspecified atom stereocenters. The van der Waals surface area contributed by atoms with Crippen LogP contribution < -0.4 is 4.74 Å². The maximum atomic E-state index is 11.9. The molecule has 1 saturated heterocycles. The number of carbonyl (C=O) groups excluding carboxylic acids is 2. The number of rotatable bonds is 6. The fraction of sp³-hybridized carbons (Fsp3) is 0.583. The van der Waals surface area contributed by atoms with Crippen molar-refractivity contribution in [3.05, 3.63) is 41.5 Å². The van der Waals surface area contributed by atoms with Crippen LogP contribution >= 0.6 is 0 Å². The highest BCUT2D eigenvalue weighted by Crippen LogP contribution is 2.57. The van der Waals surface area contributed by atoms with Gasteiger partial charge in [0.1, 0.15) is 5.75 Å². The van der Waals surface area contributed by atoms with Crippen molar-refractivity contribution in [1.82, 2.24) is 0 Å². The third-order valence-corrected chi connectivity index (χ3v) is 6.78. The van der Waals surface area contributed by atoms with E-state index in [1.54, 1.807) is 6.92 Å². The number of ether oxygens (including phenoxy) is 3. The molecular formula is C24H32O5. The molecule has 1 heterocycles. The van der Waals surface area contributed by atoms with E-state index in [1.165, 1.54) is 5.57 Å². The molecule has 158 valence electrons. The van der Waals surface area contributed by atoms with Crippen LogP contribution in [0.3, 0.4) is 0 Å². The van der Waals surface area contributed by atoms with Gasteiger partial charge in [-0.05, 0) is 24.8 Å². The monoisotopic (exact) mass is 400 g/mol. The summed E-state index contributed by atoms with van der Waals surface area (Å²) in [5.41, 5.74) is 1.91. The summed E-state index contributed by atoms with van der Waals surface area (Å²) in [6.07, 6.45) is 2.78. The molecule has 0 saturated carbocycles. The molecule has 5 heteroatoms. The Bertz CT molecular complexity index is 798. The summed E-state index contributed by atoms with van der Waals surface area (Å²) < 4.78 is 17.6. The van der Waals surface area contributed by atoms with E-state index in [-0.39, 0.29) is 41.2 Å². The van der Waals surface area contributed by atoms with Crippen molar-refractivity contribution in [3.8, 4) is 5.75 Å². The van der Waals surface area contributed by atoms with Gasteiger partial charge in [-0.1, -0.05) is 57.5 Å². The Morgan fingerprint density at radius 3 is 2.52 bits per heavy atom. The molecule has 1 aliphatic heterocycles. The lowest BCUT2D eigenvalue weighted by Crippen LogP contribution is -2.54. The van der Waals surface area contributed by atoms with Gasteiger partial charge >= 0.3 is 11.9 Å². The summed E-state index contributed by atoms with van der Waals surface area (Å²) in [6.45, 7) is 11.0. The number of fused-ring (bicyclic) bond motifs is 2. The van der Waals surface area contributed by atoms with Gasteiger partial charge in [-0.2, -0.15) is 0 Å². The third-order valence-electron chi connectivity index (χ3n) is 6.78. The molecule has 5 atom stereocenters. The number of para-hydroxylation sites is 1. The highest BCUT2D eigenvalue weighted by molar-refractivity contribution is 5.72. The van der Waals surface area contributed by atoms with E-state index in [4.69, 9.17) is 14.2 Å². The molecule has 3 rings (SSSR count). The molecule has 1 aliphatic carbocycles. The summed E-state index contributed by atoms with van der Waals surface area (Å²) in [5.74, 6) is 0.746. The van der Waals surface area contributed by atoms with Crippen LogP contribution in [0.4, 0.5) is 0 Å². The van der Waals surface area contributed by atoms with Crippen molar-refractivity contribution in [2.24, 2.45) is 23.2 Å². The maximum Gasteiger partial charge on any atom is 0.310 e. The zero-order valence-electron chi connectivity index (χ0n) is 18.1. The third kappa shape index (κ3) is 3.97. The summed E-state index contributed by atoms with van der Waals surface area (Å²) in [5, 5.41) is 0.